The summed E-state index contributed by atoms with van der Waals surface area (Å²) in [5.41, 5.74) is -0.884. The van der Waals surface area contributed by atoms with Crippen molar-refractivity contribution in [3.63, 3.8) is 0 Å². The van der Waals surface area contributed by atoms with Crippen LogP contribution in [0, 0.1) is 0 Å². The molecule has 0 unspecified atom stereocenters. The fraction of sp³-hybridized carbons (Fsp3) is 0.292. The van der Waals surface area contributed by atoms with E-state index in [4.69, 9.17) is 4.52 Å². The Hall–Kier alpha value is -4.23. The van der Waals surface area contributed by atoms with Crippen LogP contribution < -0.4 is 0 Å². The van der Waals surface area contributed by atoms with Crippen molar-refractivity contribution < 1.29 is 30.9 Å². The Morgan fingerprint density at radius 1 is 0.921 bits per heavy atom. The number of fused-ring (bicyclic) bond motifs is 2. The molecule has 196 valence electrons. The minimum atomic E-state index is -4.73. The van der Waals surface area contributed by atoms with Gasteiger partial charge in [0, 0.05) is 16.8 Å². The summed E-state index contributed by atoms with van der Waals surface area (Å²) in [5.74, 6) is -0.155. The summed E-state index contributed by atoms with van der Waals surface area (Å²) in [6.07, 6.45) is -6.12. The molecule has 0 N–H and O–H groups in total. The Balaban J connectivity index is 1.40. The van der Waals surface area contributed by atoms with Crippen molar-refractivity contribution in [3.05, 3.63) is 71.1 Å². The SMILES string of the molecule is FC(F)(F)c1nn(Cc2nc(-c3cnn4c(C(F)(F)F)cc(-c5ccccc5)nc34)no2)c2c1CCCC2. The Labute approximate surface area is 209 Å². The summed E-state index contributed by atoms with van der Waals surface area (Å²) in [6.45, 7) is -0.221. The van der Waals surface area contributed by atoms with Crippen LogP contribution in [0.15, 0.2) is 47.1 Å². The summed E-state index contributed by atoms with van der Waals surface area (Å²) in [4.78, 5) is 8.59. The maximum Gasteiger partial charge on any atom is 0.435 e. The lowest BCUT2D eigenvalue weighted by Crippen LogP contribution is -2.13. The first kappa shape index (κ1) is 24.1. The van der Waals surface area contributed by atoms with Gasteiger partial charge in [0.05, 0.1) is 17.5 Å². The van der Waals surface area contributed by atoms with Crippen LogP contribution in [-0.4, -0.2) is 34.5 Å². The summed E-state index contributed by atoms with van der Waals surface area (Å²) in [7, 11) is 0. The first-order chi connectivity index (χ1) is 18.1. The van der Waals surface area contributed by atoms with E-state index < -0.39 is 23.7 Å². The third-order valence-corrected chi connectivity index (χ3v) is 6.35. The molecule has 1 aliphatic carbocycles. The number of alkyl halides is 6. The fourth-order valence-electron chi connectivity index (χ4n) is 4.67. The van der Waals surface area contributed by atoms with Gasteiger partial charge in [0.15, 0.2) is 17.0 Å². The van der Waals surface area contributed by atoms with Gasteiger partial charge >= 0.3 is 12.4 Å². The van der Waals surface area contributed by atoms with E-state index in [1.807, 2.05) is 0 Å². The standard InChI is InChI=1S/C24H17F6N7O/c25-23(26,27)18-10-16(13-6-2-1-3-7-13)32-22-15(11-31-37(18)22)21-33-19(38-35-21)12-36-17-9-5-4-8-14(17)20(34-36)24(28,29)30/h1-3,6-7,10-11H,4-5,8-9,12H2. The second-order valence-electron chi connectivity index (χ2n) is 8.83. The molecule has 0 amide bonds. The molecule has 0 fully saturated rings. The van der Waals surface area contributed by atoms with E-state index in [2.05, 4.69) is 25.3 Å². The number of benzene rings is 1. The van der Waals surface area contributed by atoms with Gasteiger partial charge in [-0.3, -0.25) is 4.68 Å². The maximum atomic E-state index is 13.9. The van der Waals surface area contributed by atoms with Crippen LogP contribution in [0.25, 0.3) is 28.3 Å². The van der Waals surface area contributed by atoms with Gasteiger partial charge in [-0.05, 0) is 31.7 Å². The molecule has 0 spiro atoms. The van der Waals surface area contributed by atoms with Crippen molar-refractivity contribution in [1.29, 1.82) is 0 Å². The van der Waals surface area contributed by atoms with Gasteiger partial charge in [-0.25, -0.2) is 9.50 Å². The summed E-state index contributed by atoms with van der Waals surface area (Å²) in [6, 6.07) is 9.24. The number of hydrogen-bond donors (Lipinski definition) is 0. The second-order valence-corrected chi connectivity index (χ2v) is 8.83. The molecule has 0 saturated heterocycles. The zero-order valence-corrected chi connectivity index (χ0v) is 19.4. The van der Waals surface area contributed by atoms with Crippen LogP contribution in [-0.2, 0) is 31.7 Å². The molecule has 0 aliphatic heterocycles. The monoisotopic (exact) mass is 533 g/mol. The molecule has 6 rings (SSSR count). The average Bonchev–Trinajstić information content (AvgIpc) is 3.60. The third kappa shape index (κ3) is 4.19. The highest BCUT2D eigenvalue weighted by molar-refractivity contribution is 5.75. The quantitative estimate of drug-likeness (QED) is 0.279. The molecular formula is C24H17F6N7O. The van der Waals surface area contributed by atoms with E-state index in [1.165, 1.54) is 4.68 Å². The van der Waals surface area contributed by atoms with E-state index in [0.717, 1.165) is 18.7 Å². The Morgan fingerprint density at radius 3 is 2.42 bits per heavy atom. The molecule has 0 atom stereocenters. The van der Waals surface area contributed by atoms with Crippen LogP contribution in [0.1, 0.15) is 41.4 Å². The molecule has 38 heavy (non-hydrogen) atoms. The highest BCUT2D eigenvalue weighted by atomic mass is 19.4. The maximum absolute atomic E-state index is 13.9. The Bertz CT molecular complexity index is 1630. The van der Waals surface area contributed by atoms with Crippen molar-refractivity contribution in [2.75, 3.05) is 0 Å². The first-order valence-corrected chi connectivity index (χ1v) is 11.6. The van der Waals surface area contributed by atoms with Gasteiger partial charge < -0.3 is 4.52 Å². The lowest BCUT2D eigenvalue weighted by Gasteiger charge is -2.14. The first-order valence-electron chi connectivity index (χ1n) is 11.6. The molecule has 0 radical (unpaired) electrons. The molecule has 4 aromatic heterocycles. The number of hydrogen-bond acceptors (Lipinski definition) is 6. The molecule has 1 aliphatic rings. The van der Waals surface area contributed by atoms with Crippen molar-refractivity contribution >= 4 is 5.65 Å². The van der Waals surface area contributed by atoms with Crippen LogP contribution in [0.5, 0.6) is 0 Å². The lowest BCUT2D eigenvalue weighted by atomic mass is 9.95. The average molecular weight is 533 g/mol. The van der Waals surface area contributed by atoms with E-state index in [-0.39, 0.29) is 47.1 Å². The van der Waals surface area contributed by atoms with Gasteiger partial charge in [0.25, 0.3) is 0 Å². The third-order valence-electron chi connectivity index (χ3n) is 6.35. The normalized spacial score (nSPS) is 14.3. The van der Waals surface area contributed by atoms with E-state index >= 15 is 0 Å². The Morgan fingerprint density at radius 2 is 1.68 bits per heavy atom. The fourth-order valence-corrected chi connectivity index (χ4v) is 4.67. The van der Waals surface area contributed by atoms with Crippen LogP contribution in [0.3, 0.4) is 0 Å². The predicted molar refractivity (Wildman–Crippen MR) is 120 cm³/mol. The number of rotatable bonds is 4. The van der Waals surface area contributed by atoms with Gasteiger partial charge in [0.2, 0.25) is 11.7 Å². The van der Waals surface area contributed by atoms with Crippen molar-refractivity contribution in [1.82, 2.24) is 34.5 Å². The molecule has 1 aromatic carbocycles. The molecular weight excluding hydrogens is 516 g/mol. The highest BCUT2D eigenvalue weighted by Crippen LogP contribution is 2.37. The minimum Gasteiger partial charge on any atom is -0.337 e. The number of halogens is 6. The van der Waals surface area contributed by atoms with Gasteiger partial charge in [0.1, 0.15) is 6.54 Å². The van der Waals surface area contributed by atoms with Crippen molar-refractivity contribution in [3.8, 4) is 22.6 Å². The zero-order valence-electron chi connectivity index (χ0n) is 19.4. The zero-order chi connectivity index (χ0) is 26.7. The molecule has 14 heteroatoms. The summed E-state index contributed by atoms with van der Waals surface area (Å²) in [5, 5.41) is 11.5. The summed E-state index contributed by atoms with van der Waals surface area (Å²) < 4.78 is 89.3. The van der Waals surface area contributed by atoms with Crippen molar-refractivity contribution in [2.45, 2.75) is 44.6 Å². The number of aromatic nitrogens is 7. The smallest absolute Gasteiger partial charge is 0.337 e. The highest BCUT2D eigenvalue weighted by Gasteiger charge is 2.40. The van der Waals surface area contributed by atoms with Crippen LogP contribution in [0.2, 0.25) is 0 Å². The topological polar surface area (TPSA) is 86.9 Å². The van der Waals surface area contributed by atoms with Crippen LogP contribution in [0.4, 0.5) is 26.3 Å². The largest absolute Gasteiger partial charge is 0.435 e. The lowest BCUT2D eigenvalue weighted by molar-refractivity contribution is -0.143. The second kappa shape index (κ2) is 8.67. The molecule has 8 nitrogen and oxygen atoms in total. The van der Waals surface area contributed by atoms with E-state index in [1.54, 1.807) is 30.3 Å². The van der Waals surface area contributed by atoms with Gasteiger partial charge in [-0.2, -0.15) is 41.5 Å². The van der Waals surface area contributed by atoms with E-state index in [9.17, 15) is 26.3 Å². The molecule has 0 bridgehead atoms. The number of nitrogens with zero attached hydrogens (tertiary/aromatic N) is 7. The molecule has 4 heterocycles. The van der Waals surface area contributed by atoms with Crippen molar-refractivity contribution in [2.24, 2.45) is 0 Å². The summed E-state index contributed by atoms with van der Waals surface area (Å²) >= 11 is 0. The van der Waals surface area contributed by atoms with Gasteiger partial charge in [-0.1, -0.05) is 35.5 Å². The predicted octanol–water partition coefficient (Wildman–Crippen LogP) is 5.61. The molecule has 5 aromatic rings. The van der Waals surface area contributed by atoms with Crippen LogP contribution >= 0.6 is 0 Å². The Kier molecular flexibility index (Phi) is 5.50. The van der Waals surface area contributed by atoms with Gasteiger partial charge in [-0.15, -0.1) is 0 Å². The molecule has 0 saturated carbocycles. The van der Waals surface area contributed by atoms with E-state index in [0.29, 0.717) is 28.6 Å². The minimum absolute atomic E-state index is 0.0563.